The Morgan fingerprint density at radius 3 is 2.47 bits per heavy atom. The van der Waals surface area contributed by atoms with Gasteiger partial charge in [-0.2, -0.15) is 0 Å². The molecule has 0 unspecified atom stereocenters. The molecule has 0 aliphatic heterocycles. The second-order valence-corrected chi connectivity index (χ2v) is 4.88. The van der Waals surface area contributed by atoms with Crippen LogP contribution >= 0.6 is 0 Å². The zero-order chi connectivity index (χ0) is 13.5. The molecule has 17 heavy (non-hydrogen) atoms. The first kappa shape index (κ1) is 15.5. The molecule has 0 saturated heterocycles. The molecule has 5 heteroatoms. The van der Waals surface area contributed by atoms with Crippen LogP contribution in [0.3, 0.4) is 0 Å². The molecule has 3 N–H and O–H groups in total. The van der Waals surface area contributed by atoms with Crippen molar-refractivity contribution >= 4 is 12.0 Å². The van der Waals surface area contributed by atoms with E-state index in [1.165, 1.54) is 0 Å². The van der Waals surface area contributed by atoms with Crippen LogP contribution in [-0.4, -0.2) is 23.6 Å². The lowest BCUT2D eigenvalue weighted by molar-refractivity contribution is -0.118. The minimum Gasteiger partial charge on any atom is -0.444 e. The Kier molecular flexibility index (Phi) is 6.31. The van der Waals surface area contributed by atoms with Crippen LogP contribution in [0.1, 0.15) is 40.0 Å². The number of hydrogen-bond acceptors (Lipinski definition) is 3. The molecule has 0 spiro atoms. The molecule has 0 saturated carbocycles. The highest BCUT2D eigenvalue weighted by Gasteiger charge is 2.20. The van der Waals surface area contributed by atoms with E-state index in [0.717, 1.165) is 0 Å². The van der Waals surface area contributed by atoms with Gasteiger partial charge < -0.3 is 15.8 Å². The van der Waals surface area contributed by atoms with Gasteiger partial charge >= 0.3 is 6.09 Å². The van der Waals surface area contributed by atoms with Gasteiger partial charge in [-0.25, -0.2) is 4.79 Å². The molecule has 98 valence electrons. The highest BCUT2D eigenvalue weighted by atomic mass is 16.6. The summed E-state index contributed by atoms with van der Waals surface area (Å²) in [5.41, 5.74) is 4.56. The van der Waals surface area contributed by atoms with Gasteiger partial charge in [0.05, 0.1) is 0 Å². The maximum Gasteiger partial charge on any atom is 0.407 e. The number of rotatable bonds is 6. The fraction of sp³-hybridized carbons (Fsp3) is 0.667. The number of amides is 2. The monoisotopic (exact) mass is 242 g/mol. The Labute approximate surface area is 102 Å². The zero-order valence-electron chi connectivity index (χ0n) is 10.8. The van der Waals surface area contributed by atoms with Gasteiger partial charge in [-0.05, 0) is 33.6 Å². The van der Waals surface area contributed by atoms with Crippen molar-refractivity contribution in [1.29, 1.82) is 0 Å². The smallest absolute Gasteiger partial charge is 0.407 e. The number of alkyl carbamates (subject to hydrolysis) is 1. The second-order valence-electron chi connectivity index (χ2n) is 4.88. The van der Waals surface area contributed by atoms with E-state index in [2.05, 4.69) is 11.9 Å². The number of nitrogens with one attached hydrogen (secondary N) is 1. The standard InChI is InChI=1S/C12H22N2O3/c1-5-6-7-9(8-10(13)15)14-11(16)17-12(2,3)4/h5,9H,1,6-8H2,2-4H3,(H2,13,15)(H,14,16)/t9-/m1/s1. The Bertz CT molecular complexity index is 282. The minimum atomic E-state index is -0.556. The molecule has 0 fully saturated rings. The zero-order valence-corrected chi connectivity index (χ0v) is 10.8. The van der Waals surface area contributed by atoms with Gasteiger partial charge in [0.2, 0.25) is 5.91 Å². The summed E-state index contributed by atoms with van der Waals surface area (Å²) >= 11 is 0. The molecule has 0 aromatic carbocycles. The molecule has 2 amide bonds. The van der Waals surface area contributed by atoms with E-state index in [4.69, 9.17) is 10.5 Å². The van der Waals surface area contributed by atoms with Gasteiger partial charge in [0.15, 0.2) is 0 Å². The fourth-order valence-corrected chi connectivity index (χ4v) is 1.26. The van der Waals surface area contributed by atoms with Crippen LogP contribution < -0.4 is 11.1 Å². The predicted octanol–water partition coefficient (Wildman–Crippen LogP) is 1.72. The van der Waals surface area contributed by atoms with E-state index < -0.39 is 17.6 Å². The molecule has 0 heterocycles. The largest absolute Gasteiger partial charge is 0.444 e. The molecule has 1 atom stereocenters. The molecule has 5 nitrogen and oxygen atoms in total. The summed E-state index contributed by atoms with van der Waals surface area (Å²) in [6.45, 7) is 8.92. The lowest BCUT2D eigenvalue weighted by Gasteiger charge is -2.22. The fourth-order valence-electron chi connectivity index (χ4n) is 1.26. The molecule has 0 aromatic heterocycles. The van der Waals surface area contributed by atoms with Gasteiger partial charge in [-0.1, -0.05) is 6.08 Å². The van der Waals surface area contributed by atoms with Crippen LogP contribution in [0.5, 0.6) is 0 Å². The first-order chi connectivity index (χ1) is 7.74. The lowest BCUT2D eigenvalue weighted by Crippen LogP contribution is -2.41. The Morgan fingerprint density at radius 1 is 1.47 bits per heavy atom. The number of primary amides is 1. The van der Waals surface area contributed by atoms with Crippen molar-refractivity contribution < 1.29 is 14.3 Å². The average molecular weight is 242 g/mol. The quantitative estimate of drug-likeness (QED) is 0.696. The van der Waals surface area contributed by atoms with Crippen molar-refractivity contribution in [2.24, 2.45) is 5.73 Å². The average Bonchev–Trinajstić information content (AvgIpc) is 2.09. The van der Waals surface area contributed by atoms with Crippen molar-refractivity contribution in [3.05, 3.63) is 12.7 Å². The van der Waals surface area contributed by atoms with Gasteiger partial charge in [0.25, 0.3) is 0 Å². The van der Waals surface area contributed by atoms with E-state index >= 15 is 0 Å². The highest BCUT2D eigenvalue weighted by molar-refractivity contribution is 5.75. The SMILES string of the molecule is C=CCC[C@H](CC(N)=O)NC(=O)OC(C)(C)C. The maximum absolute atomic E-state index is 11.5. The second kappa shape index (κ2) is 6.93. The van der Waals surface area contributed by atoms with Crippen molar-refractivity contribution in [3.8, 4) is 0 Å². The third kappa shape index (κ3) is 9.41. The molecule has 0 aromatic rings. The molecular weight excluding hydrogens is 220 g/mol. The summed E-state index contributed by atoms with van der Waals surface area (Å²) in [6, 6.07) is -0.305. The van der Waals surface area contributed by atoms with Crippen LogP contribution in [-0.2, 0) is 9.53 Å². The topological polar surface area (TPSA) is 81.4 Å². The van der Waals surface area contributed by atoms with Gasteiger partial charge in [-0.15, -0.1) is 6.58 Å². The van der Waals surface area contributed by atoms with Gasteiger partial charge in [0, 0.05) is 12.5 Å². The lowest BCUT2D eigenvalue weighted by atomic mass is 10.1. The van der Waals surface area contributed by atoms with Crippen molar-refractivity contribution in [3.63, 3.8) is 0 Å². The minimum absolute atomic E-state index is 0.104. The Morgan fingerprint density at radius 2 is 2.06 bits per heavy atom. The Hall–Kier alpha value is -1.52. The van der Waals surface area contributed by atoms with Crippen LogP contribution in [0.2, 0.25) is 0 Å². The number of nitrogens with two attached hydrogens (primary N) is 1. The van der Waals surface area contributed by atoms with Crippen LogP contribution in [0.25, 0.3) is 0 Å². The molecule has 0 rings (SSSR count). The van der Waals surface area contributed by atoms with Crippen LogP contribution in [0.15, 0.2) is 12.7 Å². The molecule has 0 bridgehead atoms. The van der Waals surface area contributed by atoms with E-state index in [-0.39, 0.29) is 12.5 Å². The molecular formula is C12H22N2O3. The third-order valence-corrected chi connectivity index (χ3v) is 1.89. The van der Waals surface area contributed by atoms with Crippen molar-refractivity contribution in [2.45, 2.75) is 51.7 Å². The van der Waals surface area contributed by atoms with Crippen molar-refractivity contribution in [2.75, 3.05) is 0 Å². The van der Waals surface area contributed by atoms with E-state index in [1.54, 1.807) is 26.8 Å². The summed E-state index contributed by atoms with van der Waals surface area (Å²) in [6.07, 6.45) is 2.62. The summed E-state index contributed by atoms with van der Waals surface area (Å²) in [5.74, 6) is -0.449. The van der Waals surface area contributed by atoms with E-state index in [9.17, 15) is 9.59 Å². The Balaban J connectivity index is 4.26. The maximum atomic E-state index is 11.5. The number of allylic oxidation sites excluding steroid dienone is 1. The molecule has 0 aliphatic rings. The first-order valence-electron chi connectivity index (χ1n) is 5.63. The van der Waals surface area contributed by atoms with Crippen molar-refractivity contribution in [1.82, 2.24) is 5.32 Å². The predicted molar refractivity (Wildman–Crippen MR) is 66.4 cm³/mol. The number of carbonyl (C=O) groups excluding carboxylic acids is 2. The molecule has 0 radical (unpaired) electrons. The first-order valence-corrected chi connectivity index (χ1v) is 5.63. The summed E-state index contributed by atoms with van der Waals surface area (Å²) < 4.78 is 5.10. The number of hydrogen-bond donors (Lipinski definition) is 2. The number of ether oxygens (including phenoxy) is 1. The van der Waals surface area contributed by atoms with Gasteiger partial charge in [-0.3, -0.25) is 4.79 Å². The van der Waals surface area contributed by atoms with Crippen LogP contribution in [0.4, 0.5) is 4.79 Å². The van der Waals surface area contributed by atoms with Crippen LogP contribution in [0, 0.1) is 0 Å². The number of carbonyl (C=O) groups is 2. The van der Waals surface area contributed by atoms with E-state index in [1.807, 2.05) is 0 Å². The summed E-state index contributed by atoms with van der Waals surface area (Å²) in [7, 11) is 0. The molecule has 0 aliphatic carbocycles. The summed E-state index contributed by atoms with van der Waals surface area (Å²) in [5, 5.41) is 2.63. The highest BCUT2D eigenvalue weighted by Crippen LogP contribution is 2.08. The summed E-state index contributed by atoms with van der Waals surface area (Å²) in [4.78, 5) is 22.3. The van der Waals surface area contributed by atoms with Gasteiger partial charge in [0.1, 0.15) is 5.60 Å². The third-order valence-electron chi connectivity index (χ3n) is 1.89. The normalized spacial score (nSPS) is 12.6. The van der Waals surface area contributed by atoms with E-state index in [0.29, 0.717) is 12.8 Å².